The number of carbonyl (C=O) groups excluding carboxylic acids is 1. The Morgan fingerprint density at radius 3 is 2.24 bits per heavy atom. The first-order valence-electron chi connectivity index (χ1n) is 7.47. The van der Waals surface area contributed by atoms with Crippen molar-refractivity contribution < 1.29 is 22.9 Å². The number of hydrogen-bond acceptors (Lipinski definition) is 4. The van der Waals surface area contributed by atoms with Crippen LogP contribution in [0.15, 0.2) is 0 Å². The summed E-state index contributed by atoms with van der Waals surface area (Å²) >= 11 is 0. The fourth-order valence-corrected chi connectivity index (χ4v) is 2.41. The predicted octanol–water partition coefficient (Wildman–Crippen LogP) is 2.28. The standard InChI is InChI=1S/C14H32N2O4S/c1-6-14(2,3)13(17)15-9-7-10-16(4,5)11-8-12-21(18,19)20/h6-12H2,1-5H3,(H3-,15,17,18,19,20). The molecule has 6 nitrogen and oxygen atoms in total. The van der Waals surface area contributed by atoms with Crippen LogP contribution in [0.4, 0.5) is 0 Å². The molecule has 0 saturated carbocycles. The first-order chi connectivity index (χ1) is 9.40. The minimum absolute atomic E-state index is 0.0793. The molecule has 0 saturated heterocycles. The second-order valence-electron chi connectivity index (χ2n) is 6.89. The molecule has 0 fully saturated rings. The number of nitrogens with one attached hydrogen (secondary N) is 1. The summed E-state index contributed by atoms with van der Waals surface area (Å²) in [4.78, 5) is 11.9. The van der Waals surface area contributed by atoms with E-state index < -0.39 is 10.9 Å². The van der Waals surface area contributed by atoms with E-state index in [0.717, 1.165) is 19.4 Å². The van der Waals surface area contributed by atoms with Crippen LogP contribution in [0.5, 0.6) is 0 Å². The van der Waals surface area contributed by atoms with E-state index in [0.29, 0.717) is 24.0 Å². The van der Waals surface area contributed by atoms with Crippen LogP contribution in [0.25, 0.3) is 0 Å². The molecule has 0 bridgehead atoms. The van der Waals surface area contributed by atoms with E-state index in [1.807, 2.05) is 34.9 Å². The van der Waals surface area contributed by atoms with Crippen LogP contribution in [0.3, 0.4) is 0 Å². The van der Waals surface area contributed by atoms with Crippen molar-refractivity contribution in [2.45, 2.75) is 40.0 Å². The van der Waals surface area contributed by atoms with Crippen molar-refractivity contribution in [1.82, 2.24) is 5.32 Å². The molecule has 0 aromatic heterocycles. The quantitative estimate of drug-likeness (QED) is 0.424. The summed E-state index contributed by atoms with van der Waals surface area (Å²) in [6.45, 7) is 8.09. The molecule has 0 aromatic carbocycles. The number of amides is 1. The highest BCUT2D eigenvalue weighted by molar-refractivity contribution is 8.19. The molecule has 0 spiro atoms. The minimum atomic E-state index is -3.62. The zero-order chi connectivity index (χ0) is 16.7. The van der Waals surface area contributed by atoms with Gasteiger partial charge in [-0.3, -0.25) is 4.79 Å². The molecule has 0 heterocycles. The lowest BCUT2D eigenvalue weighted by atomic mass is 9.89. The molecular weight excluding hydrogens is 292 g/mol. The normalized spacial score (nSPS) is 14.1. The third-order valence-electron chi connectivity index (χ3n) is 3.90. The molecule has 21 heavy (non-hydrogen) atoms. The van der Waals surface area contributed by atoms with E-state index in [2.05, 4.69) is 5.32 Å². The van der Waals surface area contributed by atoms with E-state index in [1.165, 1.54) is 0 Å². The Bertz CT molecular complexity index is 327. The van der Waals surface area contributed by atoms with Crippen molar-refractivity contribution in [2.24, 2.45) is 5.41 Å². The molecule has 0 aromatic rings. The monoisotopic (exact) mass is 324 g/mol. The zero-order valence-corrected chi connectivity index (χ0v) is 14.8. The Balaban J connectivity index is 3.92. The van der Waals surface area contributed by atoms with Crippen molar-refractivity contribution in [3.05, 3.63) is 0 Å². The maximum Gasteiger partial charge on any atom is 0.225 e. The molecule has 3 N–H and O–H groups in total. The van der Waals surface area contributed by atoms with Gasteiger partial charge in [-0.15, -0.1) is 10.9 Å². The third-order valence-corrected chi connectivity index (χ3v) is 4.72. The Labute approximate surface area is 130 Å². The van der Waals surface area contributed by atoms with E-state index in [-0.39, 0.29) is 17.1 Å². The van der Waals surface area contributed by atoms with E-state index in [4.69, 9.17) is 9.11 Å². The molecular formula is C14H32N2O4S. The van der Waals surface area contributed by atoms with Crippen LogP contribution >= 0.6 is 10.9 Å². The van der Waals surface area contributed by atoms with Crippen LogP contribution in [-0.2, 0) is 4.79 Å². The van der Waals surface area contributed by atoms with Crippen LogP contribution in [0.2, 0.25) is 0 Å². The highest BCUT2D eigenvalue weighted by Crippen LogP contribution is 2.32. The van der Waals surface area contributed by atoms with Gasteiger partial charge < -0.3 is 23.5 Å². The Morgan fingerprint density at radius 2 is 1.76 bits per heavy atom. The van der Waals surface area contributed by atoms with Gasteiger partial charge in [0.2, 0.25) is 5.91 Å². The zero-order valence-electron chi connectivity index (χ0n) is 14.0. The first kappa shape index (κ1) is 20.7. The van der Waals surface area contributed by atoms with Gasteiger partial charge in [0.1, 0.15) is 0 Å². The number of carbonyl (C=O) groups is 1. The second-order valence-corrected chi connectivity index (χ2v) is 8.52. The Hall–Kier alpha value is -0.340. The van der Waals surface area contributed by atoms with Crippen LogP contribution in [0.1, 0.15) is 40.0 Å². The molecule has 0 rings (SSSR count). The van der Waals surface area contributed by atoms with Gasteiger partial charge in [-0.1, -0.05) is 20.8 Å². The second kappa shape index (κ2) is 8.33. The lowest BCUT2D eigenvalue weighted by Crippen LogP contribution is -2.44. The molecule has 0 radical (unpaired) electrons. The number of nitrogens with zero attached hydrogens (tertiary/aromatic N) is 1. The van der Waals surface area contributed by atoms with Gasteiger partial charge in [0, 0.05) is 30.6 Å². The lowest BCUT2D eigenvalue weighted by molar-refractivity contribution is -0.890. The smallest absolute Gasteiger partial charge is 0.225 e. The molecule has 0 aliphatic rings. The Kier molecular flexibility index (Phi) is 8.20. The number of hydrogen-bond donors (Lipinski definition) is 3. The van der Waals surface area contributed by atoms with Gasteiger partial charge in [0.05, 0.1) is 27.2 Å². The van der Waals surface area contributed by atoms with Crippen LogP contribution < -0.4 is 5.32 Å². The van der Waals surface area contributed by atoms with Crippen LogP contribution in [0, 0.1) is 5.41 Å². The van der Waals surface area contributed by atoms with Crippen LogP contribution in [-0.4, -0.2) is 63.5 Å². The molecule has 128 valence electrons. The third kappa shape index (κ3) is 10.1. The molecule has 0 atom stereocenters. The topological polar surface area (TPSA) is 92.6 Å². The predicted molar refractivity (Wildman–Crippen MR) is 86.7 cm³/mol. The summed E-state index contributed by atoms with van der Waals surface area (Å²) < 4.78 is 29.1. The fraction of sp³-hybridized carbons (Fsp3) is 0.929. The first-order valence-corrected chi connectivity index (χ1v) is 9.11. The van der Waals surface area contributed by atoms with Gasteiger partial charge in [-0.25, -0.2) is 0 Å². The average Bonchev–Trinajstić information content (AvgIpc) is 2.32. The van der Waals surface area contributed by atoms with E-state index >= 15 is 0 Å². The molecule has 7 heteroatoms. The Morgan fingerprint density at radius 1 is 1.24 bits per heavy atom. The molecule has 0 aliphatic carbocycles. The highest BCUT2D eigenvalue weighted by Gasteiger charge is 2.24. The van der Waals surface area contributed by atoms with Gasteiger partial charge in [0.15, 0.2) is 0 Å². The summed E-state index contributed by atoms with van der Waals surface area (Å²) in [5.74, 6) is -0.00793. The maximum atomic E-state index is 11.9. The van der Waals surface area contributed by atoms with Gasteiger partial charge in [0.25, 0.3) is 0 Å². The molecule has 1 amide bonds. The SMILES string of the molecule is CCC(C)(C)C(=O)NCCC[N+](C)(C)CCCS([O-])(O)O. The average molecular weight is 324 g/mol. The number of quaternary nitrogens is 1. The van der Waals surface area contributed by atoms with Crippen molar-refractivity contribution in [2.75, 3.05) is 39.5 Å². The summed E-state index contributed by atoms with van der Waals surface area (Å²) in [5.41, 5.74) is -0.327. The fourth-order valence-electron chi connectivity index (χ4n) is 1.90. The molecule has 0 aliphatic heterocycles. The largest absolute Gasteiger partial charge is 0.773 e. The van der Waals surface area contributed by atoms with E-state index in [1.54, 1.807) is 0 Å². The van der Waals surface area contributed by atoms with Gasteiger partial charge in [-0.2, -0.15) is 0 Å². The lowest BCUT2D eigenvalue weighted by Gasteiger charge is -2.35. The summed E-state index contributed by atoms with van der Waals surface area (Å²) in [6, 6.07) is 0. The van der Waals surface area contributed by atoms with Crippen molar-refractivity contribution in [3.63, 3.8) is 0 Å². The minimum Gasteiger partial charge on any atom is -0.773 e. The maximum absolute atomic E-state index is 11.9. The van der Waals surface area contributed by atoms with Crippen molar-refractivity contribution >= 4 is 16.8 Å². The van der Waals surface area contributed by atoms with Crippen molar-refractivity contribution in [3.8, 4) is 0 Å². The van der Waals surface area contributed by atoms with Gasteiger partial charge >= 0.3 is 0 Å². The summed E-state index contributed by atoms with van der Waals surface area (Å²) in [5, 5.41) is 2.95. The van der Waals surface area contributed by atoms with Crippen molar-refractivity contribution in [1.29, 1.82) is 0 Å². The summed E-state index contributed by atoms with van der Waals surface area (Å²) in [6.07, 6.45) is 2.15. The van der Waals surface area contributed by atoms with E-state index in [9.17, 15) is 9.35 Å². The highest BCUT2D eigenvalue weighted by atomic mass is 32.3. The van der Waals surface area contributed by atoms with Gasteiger partial charge in [-0.05, 0) is 6.42 Å². The molecule has 0 unspecified atom stereocenters. The summed E-state index contributed by atoms with van der Waals surface area (Å²) in [7, 11) is 0.453. The number of rotatable bonds is 10.